The molecule has 0 aliphatic heterocycles. The molecular weight excluding hydrogens is 362 g/mol. The standard InChI is InChI=1S/C19H17N5O2S/c1-2-11-24-17-9-4-3-8-16(17)22-19(24)18-21-10-12-23(18)14-6-5-7-15(13-14)27(20,25)26/h2-10,12-13H,1,11H2,(H2,20,25,26). The number of para-hydroxylation sites is 2. The van der Waals surface area contributed by atoms with E-state index in [0.717, 1.165) is 11.0 Å². The van der Waals surface area contributed by atoms with Crippen LogP contribution in [0, 0.1) is 0 Å². The number of imidazole rings is 2. The number of hydrogen-bond donors (Lipinski definition) is 1. The van der Waals surface area contributed by atoms with E-state index in [4.69, 9.17) is 10.1 Å². The molecule has 0 amide bonds. The molecular formula is C19H17N5O2S. The van der Waals surface area contributed by atoms with E-state index in [1.54, 1.807) is 35.2 Å². The predicted octanol–water partition coefficient (Wildman–Crippen LogP) is 2.72. The SMILES string of the molecule is C=CCn1c(-c2nccn2-c2cccc(S(N)(=O)=O)c2)nc2ccccc21. The molecule has 136 valence electrons. The normalized spacial score (nSPS) is 11.7. The summed E-state index contributed by atoms with van der Waals surface area (Å²) in [5.74, 6) is 1.27. The molecule has 2 aromatic heterocycles. The van der Waals surface area contributed by atoms with Crippen LogP contribution in [0.2, 0.25) is 0 Å². The Labute approximate surface area is 156 Å². The minimum absolute atomic E-state index is 0.0410. The highest BCUT2D eigenvalue weighted by molar-refractivity contribution is 7.89. The molecule has 0 bridgehead atoms. The fraction of sp³-hybridized carbons (Fsp3) is 0.0526. The zero-order valence-corrected chi connectivity index (χ0v) is 15.2. The number of rotatable bonds is 5. The van der Waals surface area contributed by atoms with E-state index >= 15 is 0 Å². The zero-order valence-electron chi connectivity index (χ0n) is 14.4. The summed E-state index contributed by atoms with van der Waals surface area (Å²) >= 11 is 0. The number of aromatic nitrogens is 4. The van der Waals surface area contributed by atoms with Crippen LogP contribution < -0.4 is 5.14 Å². The highest BCUT2D eigenvalue weighted by Crippen LogP contribution is 2.26. The second kappa shape index (κ2) is 6.49. The van der Waals surface area contributed by atoms with Gasteiger partial charge in [-0.25, -0.2) is 23.5 Å². The van der Waals surface area contributed by atoms with Gasteiger partial charge in [0.1, 0.15) is 0 Å². The van der Waals surface area contributed by atoms with E-state index in [1.807, 2.05) is 28.8 Å². The van der Waals surface area contributed by atoms with E-state index in [-0.39, 0.29) is 4.90 Å². The molecule has 0 radical (unpaired) electrons. The lowest BCUT2D eigenvalue weighted by atomic mass is 10.3. The summed E-state index contributed by atoms with van der Waals surface area (Å²) in [6, 6.07) is 14.2. The fourth-order valence-corrected chi connectivity index (χ4v) is 3.60. The molecule has 2 aromatic carbocycles. The maximum Gasteiger partial charge on any atom is 0.238 e. The molecule has 0 atom stereocenters. The van der Waals surface area contributed by atoms with Crippen LogP contribution in [0.15, 0.2) is 78.5 Å². The highest BCUT2D eigenvalue weighted by atomic mass is 32.2. The van der Waals surface area contributed by atoms with Crippen LogP contribution in [0.4, 0.5) is 0 Å². The van der Waals surface area contributed by atoms with Crippen LogP contribution in [0.1, 0.15) is 0 Å². The minimum Gasteiger partial charge on any atom is -0.317 e. The predicted molar refractivity (Wildman–Crippen MR) is 104 cm³/mol. The number of allylic oxidation sites excluding steroid dienone is 1. The third-order valence-corrected chi connectivity index (χ3v) is 5.14. The average Bonchev–Trinajstić information content (AvgIpc) is 3.26. The summed E-state index contributed by atoms with van der Waals surface area (Å²) < 4.78 is 27.2. The number of fused-ring (bicyclic) bond motifs is 1. The van der Waals surface area contributed by atoms with Crippen molar-refractivity contribution in [2.45, 2.75) is 11.4 Å². The first kappa shape index (κ1) is 17.2. The number of hydrogen-bond acceptors (Lipinski definition) is 4. The Morgan fingerprint density at radius 3 is 2.70 bits per heavy atom. The van der Waals surface area contributed by atoms with Crippen molar-refractivity contribution >= 4 is 21.1 Å². The van der Waals surface area contributed by atoms with Crippen molar-refractivity contribution < 1.29 is 8.42 Å². The molecule has 0 unspecified atom stereocenters. The van der Waals surface area contributed by atoms with E-state index < -0.39 is 10.0 Å². The van der Waals surface area contributed by atoms with E-state index in [9.17, 15) is 8.42 Å². The highest BCUT2D eigenvalue weighted by Gasteiger charge is 2.18. The first-order valence-electron chi connectivity index (χ1n) is 8.22. The van der Waals surface area contributed by atoms with Crippen molar-refractivity contribution in [3.8, 4) is 17.3 Å². The summed E-state index contributed by atoms with van der Waals surface area (Å²) in [5, 5.41) is 5.26. The third-order valence-electron chi connectivity index (χ3n) is 4.23. The largest absolute Gasteiger partial charge is 0.317 e. The molecule has 0 fully saturated rings. The first-order valence-corrected chi connectivity index (χ1v) is 9.77. The van der Waals surface area contributed by atoms with Crippen molar-refractivity contribution in [2.75, 3.05) is 0 Å². The molecule has 7 nitrogen and oxygen atoms in total. The molecule has 0 saturated heterocycles. The van der Waals surface area contributed by atoms with Gasteiger partial charge in [0.25, 0.3) is 0 Å². The monoisotopic (exact) mass is 379 g/mol. The topological polar surface area (TPSA) is 95.8 Å². The summed E-state index contributed by atoms with van der Waals surface area (Å²) in [5.41, 5.74) is 2.45. The molecule has 0 aliphatic carbocycles. The first-order chi connectivity index (χ1) is 13.0. The quantitative estimate of drug-likeness (QED) is 0.539. The van der Waals surface area contributed by atoms with Gasteiger partial charge in [-0.3, -0.25) is 4.57 Å². The lowest BCUT2D eigenvalue weighted by Crippen LogP contribution is -2.12. The lowest BCUT2D eigenvalue weighted by molar-refractivity contribution is 0.597. The zero-order chi connectivity index (χ0) is 19.0. The van der Waals surface area contributed by atoms with Crippen LogP contribution in [-0.2, 0) is 16.6 Å². The molecule has 2 heterocycles. The Kier molecular flexibility index (Phi) is 4.14. The Morgan fingerprint density at radius 2 is 1.93 bits per heavy atom. The Balaban J connectivity index is 1.92. The lowest BCUT2D eigenvalue weighted by Gasteiger charge is -2.10. The van der Waals surface area contributed by atoms with Crippen LogP contribution in [0.5, 0.6) is 0 Å². The van der Waals surface area contributed by atoms with Gasteiger partial charge in [0, 0.05) is 24.6 Å². The molecule has 4 aromatic rings. The van der Waals surface area contributed by atoms with Crippen molar-refractivity contribution in [1.82, 2.24) is 19.1 Å². The average molecular weight is 379 g/mol. The van der Waals surface area contributed by atoms with Gasteiger partial charge in [0.2, 0.25) is 10.0 Å². The van der Waals surface area contributed by atoms with E-state index in [0.29, 0.717) is 23.9 Å². The maximum atomic E-state index is 11.7. The molecule has 4 rings (SSSR count). The van der Waals surface area contributed by atoms with E-state index in [2.05, 4.69) is 11.6 Å². The van der Waals surface area contributed by atoms with Gasteiger partial charge < -0.3 is 4.57 Å². The molecule has 8 heteroatoms. The van der Waals surface area contributed by atoms with Crippen LogP contribution >= 0.6 is 0 Å². The molecule has 0 spiro atoms. The van der Waals surface area contributed by atoms with Gasteiger partial charge >= 0.3 is 0 Å². The minimum atomic E-state index is -3.80. The van der Waals surface area contributed by atoms with Crippen LogP contribution in [0.3, 0.4) is 0 Å². The van der Waals surface area contributed by atoms with Gasteiger partial charge in [-0.15, -0.1) is 6.58 Å². The van der Waals surface area contributed by atoms with Gasteiger partial charge in [-0.05, 0) is 30.3 Å². The number of benzene rings is 2. The second-order valence-corrected chi connectivity index (χ2v) is 7.55. The van der Waals surface area contributed by atoms with Gasteiger partial charge in [0.05, 0.1) is 15.9 Å². The van der Waals surface area contributed by atoms with Gasteiger partial charge in [0.15, 0.2) is 11.6 Å². The van der Waals surface area contributed by atoms with Crippen molar-refractivity contribution in [3.05, 3.63) is 73.6 Å². The van der Waals surface area contributed by atoms with Gasteiger partial charge in [-0.1, -0.05) is 24.3 Å². The van der Waals surface area contributed by atoms with E-state index in [1.165, 1.54) is 12.1 Å². The number of primary sulfonamides is 1. The van der Waals surface area contributed by atoms with Crippen LogP contribution in [-0.4, -0.2) is 27.5 Å². The summed E-state index contributed by atoms with van der Waals surface area (Å²) in [6.45, 7) is 4.40. The Hall–Kier alpha value is -3.23. The summed E-state index contributed by atoms with van der Waals surface area (Å²) in [7, 11) is -3.80. The molecule has 0 aliphatic rings. The summed E-state index contributed by atoms with van der Waals surface area (Å²) in [6.07, 6.45) is 5.21. The number of nitrogens with two attached hydrogens (primary N) is 1. The van der Waals surface area contributed by atoms with Crippen molar-refractivity contribution in [1.29, 1.82) is 0 Å². The fourth-order valence-electron chi connectivity index (χ4n) is 3.05. The van der Waals surface area contributed by atoms with Crippen molar-refractivity contribution in [3.63, 3.8) is 0 Å². The third kappa shape index (κ3) is 3.05. The van der Waals surface area contributed by atoms with Crippen LogP contribution in [0.25, 0.3) is 28.4 Å². The number of sulfonamides is 1. The molecule has 27 heavy (non-hydrogen) atoms. The summed E-state index contributed by atoms with van der Waals surface area (Å²) in [4.78, 5) is 9.22. The molecule has 2 N–H and O–H groups in total. The van der Waals surface area contributed by atoms with Gasteiger partial charge in [-0.2, -0.15) is 0 Å². The Morgan fingerprint density at radius 1 is 1.11 bits per heavy atom. The van der Waals surface area contributed by atoms with Crippen molar-refractivity contribution in [2.24, 2.45) is 5.14 Å². The number of nitrogens with zero attached hydrogens (tertiary/aromatic N) is 4. The smallest absolute Gasteiger partial charge is 0.238 e. The molecule has 0 saturated carbocycles. The maximum absolute atomic E-state index is 11.7. The Bertz CT molecular complexity index is 1250. The second-order valence-electron chi connectivity index (χ2n) is 5.99.